The van der Waals surface area contributed by atoms with E-state index in [4.69, 9.17) is 4.98 Å². The first-order valence-corrected chi connectivity index (χ1v) is 20.9. The maximum atomic E-state index is 14.3. The molecule has 3 heterocycles. The molecule has 1 saturated heterocycles. The average molecular weight is 812 g/mol. The lowest BCUT2D eigenvalue weighted by Gasteiger charge is -2.43. The molecule has 0 N–H and O–H groups in total. The number of aromatic nitrogens is 3. The number of carbonyl (C=O) groups is 1. The van der Waals surface area contributed by atoms with Crippen LogP contribution in [0, 0.1) is 24.0 Å². The molecule has 0 spiro atoms. The average Bonchev–Trinajstić information content (AvgIpc) is 3.25. The summed E-state index contributed by atoms with van der Waals surface area (Å²) in [6, 6.07) is 37.4. The van der Waals surface area contributed by atoms with Crippen molar-refractivity contribution >= 4 is 34.9 Å². The zero-order valence-corrected chi connectivity index (χ0v) is 35.0. The SMILES string of the molecule is Cc1nc2nc(C)n(-c3ccccc3)c(=O)c2c(-c2cccc([N+](=O)[O-])c2)c1C(=O)CCCCCCCCCCN1CCC(c2ccccc2)(c2ccccc2)CC1.Cl. The van der Waals surface area contributed by atoms with Gasteiger partial charge in [-0.05, 0) is 88.0 Å². The first-order chi connectivity index (χ1) is 28.3. The summed E-state index contributed by atoms with van der Waals surface area (Å²) in [5, 5.41) is 12.0. The molecular weight excluding hydrogens is 758 g/mol. The van der Waals surface area contributed by atoms with Crippen LogP contribution in [-0.2, 0) is 5.41 Å². The van der Waals surface area contributed by atoms with Crippen molar-refractivity contribution < 1.29 is 9.72 Å². The summed E-state index contributed by atoms with van der Waals surface area (Å²) in [4.78, 5) is 51.7. The molecule has 6 aromatic rings. The van der Waals surface area contributed by atoms with Crippen molar-refractivity contribution in [3.05, 3.63) is 164 Å². The third kappa shape index (κ3) is 9.69. The molecule has 306 valence electrons. The van der Waals surface area contributed by atoms with Gasteiger partial charge in [0, 0.05) is 35.1 Å². The van der Waals surface area contributed by atoms with Gasteiger partial charge in [-0.2, -0.15) is 0 Å². The Balaban J connectivity index is 0.00000585. The number of hydrogen-bond donors (Lipinski definition) is 0. The lowest BCUT2D eigenvalue weighted by atomic mass is 9.68. The number of carbonyl (C=O) groups excluding carboxylic acids is 1. The topological polar surface area (TPSA) is 111 Å². The molecule has 0 saturated carbocycles. The van der Waals surface area contributed by atoms with E-state index in [2.05, 4.69) is 70.5 Å². The molecule has 0 unspecified atom stereocenters. The van der Waals surface area contributed by atoms with Crippen LogP contribution >= 0.6 is 12.4 Å². The largest absolute Gasteiger partial charge is 0.303 e. The van der Waals surface area contributed by atoms with E-state index in [0.717, 1.165) is 51.7 Å². The third-order valence-electron chi connectivity index (χ3n) is 12.0. The quantitative estimate of drug-likeness (QED) is 0.0390. The molecule has 0 aliphatic carbocycles. The fourth-order valence-electron chi connectivity index (χ4n) is 8.94. The number of rotatable bonds is 17. The van der Waals surface area contributed by atoms with Crippen LogP contribution in [0.1, 0.15) is 104 Å². The minimum Gasteiger partial charge on any atom is -0.303 e. The Hall–Kier alpha value is -5.51. The van der Waals surface area contributed by atoms with Gasteiger partial charge in [0.15, 0.2) is 11.4 Å². The number of nitrogens with zero attached hydrogens (tertiary/aromatic N) is 5. The van der Waals surface area contributed by atoms with Crippen molar-refractivity contribution in [1.82, 2.24) is 19.4 Å². The fourth-order valence-corrected chi connectivity index (χ4v) is 8.94. The van der Waals surface area contributed by atoms with Gasteiger partial charge < -0.3 is 4.90 Å². The number of piperidine rings is 1. The van der Waals surface area contributed by atoms with Gasteiger partial charge in [0.2, 0.25) is 0 Å². The Morgan fingerprint density at radius 1 is 0.729 bits per heavy atom. The van der Waals surface area contributed by atoms with E-state index in [1.165, 1.54) is 53.5 Å². The second kappa shape index (κ2) is 20.0. The van der Waals surface area contributed by atoms with E-state index < -0.39 is 4.92 Å². The number of hydrogen-bond acceptors (Lipinski definition) is 7. The molecule has 1 aliphatic rings. The lowest BCUT2D eigenvalue weighted by molar-refractivity contribution is -0.384. The number of ketones is 1. The van der Waals surface area contributed by atoms with Crippen molar-refractivity contribution in [2.45, 2.75) is 89.9 Å². The summed E-state index contributed by atoms with van der Waals surface area (Å²) >= 11 is 0. The maximum Gasteiger partial charge on any atom is 0.270 e. The van der Waals surface area contributed by atoms with E-state index in [9.17, 15) is 19.7 Å². The number of halogens is 1. The number of likely N-dealkylation sites (tertiary alicyclic amines) is 1. The van der Waals surface area contributed by atoms with Crippen LogP contribution in [0.2, 0.25) is 0 Å². The van der Waals surface area contributed by atoms with Crippen molar-refractivity contribution in [3.63, 3.8) is 0 Å². The van der Waals surface area contributed by atoms with Crippen LogP contribution in [0.4, 0.5) is 5.69 Å². The summed E-state index contributed by atoms with van der Waals surface area (Å²) in [6.07, 6.45) is 11.3. The molecule has 0 atom stereocenters. The predicted molar refractivity (Wildman–Crippen MR) is 239 cm³/mol. The Bertz CT molecular complexity index is 2370. The number of benzene rings is 4. The number of para-hydroxylation sites is 1. The highest BCUT2D eigenvalue weighted by molar-refractivity contribution is 6.10. The minimum absolute atomic E-state index is 0. The molecule has 0 amide bonds. The first-order valence-electron chi connectivity index (χ1n) is 20.9. The Labute approximate surface area is 353 Å². The molecular formula is C49H54ClN5O4. The third-order valence-corrected chi connectivity index (χ3v) is 12.0. The van der Waals surface area contributed by atoms with Crippen molar-refractivity contribution in [2.75, 3.05) is 19.6 Å². The van der Waals surface area contributed by atoms with Gasteiger partial charge in [-0.15, -0.1) is 12.4 Å². The first kappa shape index (κ1) is 43.1. The highest BCUT2D eigenvalue weighted by Gasteiger charge is 2.37. The number of non-ortho nitro benzene ring substituents is 1. The molecule has 59 heavy (non-hydrogen) atoms. The molecule has 1 aliphatic heterocycles. The van der Waals surface area contributed by atoms with Crippen molar-refractivity contribution in [1.29, 1.82) is 0 Å². The van der Waals surface area contributed by atoms with Crippen LogP contribution < -0.4 is 5.56 Å². The summed E-state index contributed by atoms with van der Waals surface area (Å²) in [7, 11) is 0. The van der Waals surface area contributed by atoms with E-state index in [0.29, 0.717) is 46.7 Å². The van der Waals surface area contributed by atoms with E-state index >= 15 is 0 Å². The van der Waals surface area contributed by atoms with Gasteiger partial charge in [-0.1, -0.05) is 130 Å². The fraction of sp³-hybridized carbons (Fsp3) is 0.347. The van der Waals surface area contributed by atoms with Gasteiger partial charge in [-0.3, -0.25) is 24.3 Å². The summed E-state index contributed by atoms with van der Waals surface area (Å²) < 4.78 is 1.50. The zero-order valence-electron chi connectivity index (χ0n) is 34.1. The lowest BCUT2D eigenvalue weighted by Crippen LogP contribution is -2.43. The molecule has 0 radical (unpaired) electrons. The smallest absolute Gasteiger partial charge is 0.270 e. The van der Waals surface area contributed by atoms with Crippen LogP contribution in [0.5, 0.6) is 0 Å². The highest BCUT2D eigenvalue weighted by Crippen LogP contribution is 2.42. The van der Waals surface area contributed by atoms with Crippen molar-refractivity contribution in [2.24, 2.45) is 0 Å². The predicted octanol–water partition coefficient (Wildman–Crippen LogP) is 11.2. The second-order valence-electron chi connectivity index (χ2n) is 15.7. The standard InChI is InChI=1S/C49H53N5O4.ClH/c1-36-44(45(38-21-20-28-42(35-38)54(57)58)46-47(50-36)51-37(2)53(48(46)56)41-26-16-11-17-27-41)43(55)29-18-7-5-3-4-6-8-19-32-52-33-30-49(31-34-52,39-22-12-9-13-23-39)40-24-14-10-15-25-40;/h9-17,20-28,35H,3-8,18-19,29-34H2,1-2H3;1H. The molecule has 0 bridgehead atoms. The Morgan fingerprint density at radius 3 is 1.88 bits per heavy atom. The van der Waals surface area contributed by atoms with E-state index in [1.54, 1.807) is 26.0 Å². The van der Waals surface area contributed by atoms with Crippen LogP contribution in [0.3, 0.4) is 0 Å². The second-order valence-corrected chi connectivity index (χ2v) is 15.7. The number of unbranched alkanes of at least 4 members (excludes halogenated alkanes) is 7. The van der Waals surface area contributed by atoms with Gasteiger partial charge in [0.05, 0.1) is 21.7 Å². The van der Waals surface area contributed by atoms with Crippen LogP contribution in [-0.4, -0.2) is 49.8 Å². The van der Waals surface area contributed by atoms with Gasteiger partial charge in [0.25, 0.3) is 11.2 Å². The summed E-state index contributed by atoms with van der Waals surface area (Å²) in [6.45, 7) is 6.88. The molecule has 9 nitrogen and oxygen atoms in total. The van der Waals surface area contributed by atoms with Gasteiger partial charge in [-0.25, -0.2) is 9.97 Å². The highest BCUT2D eigenvalue weighted by atomic mass is 35.5. The van der Waals surface area contributed by atoms with Crippen LogP contribution in [0.15, 0.2) is 120 Å². The molecule has 1 fully saturated rings. The van der Waals surface area contributed by atoms with E-state index in [1.807, 2.05) is 30.3 Å². The molecule has 7 rings (SSSR count). The van der Waals surface area contributed by atoms with Crippen molar-refractivity contribution in [3.8, 4) is 16.8 Å². The Kier molecular flexibility index (Phi) is 14.6. The maximum absolute atomic E-state index is 14.3. The number of fused-ring (bicyclic) bond motifs is 1. The number of aryl methyl sites for hydroxylation is 2. The number of nitro benzene ring substituents is 1. The molecule has 4 aromatic carbocycles. The number of pyridine rings is 1. The van der Waals surface area contributed by atoms with Gasteiger partial charge >= 0.3 is 0 Å². The van der Waals surface area contributed by atoms with Crippen LogP contribution in [0.25, 0.3) is 27.8 Å². The number of Topliss-reactive ketones (excluding diaryl/α,β-unsaturated/α-hetero) is 1. The minimum atomic E-state index is -0.470. The van der Waals surface area contributed by atoms with E-state index in [-0.39, 0.29) is 45.9 Å². The summed E-state index contributed by atoms with van der Waals surface area (Å²) in [5.74, 6) is 0.332. The van der Waals surface area contributed by atoms with Gasteiger partial charge in [0.1, 0.15) is 5.82 Å². The summed E-state index contributed by atoms with van der Waals surface area (Å²) in [5.41, 5.74) is 4.86. The normalized spacial score (nSPS) is 13.9. The Morgan fingerprint density at radius 2 is 1.29 bits per heavy atom. The zero-order chi connectivity index (χ0) is 40.5. The monoisotopic (exact) mass is 811 g/mol. The number of nitro groups is 1. The molecule has 2 aromatic heterocycles. The molecule has 10 heteroatoms.